The van der Waals surface area contributed by atoms with Gasteiger partial charge in [0.05, 0.1) is 10.2 Å². The molecule has 2 N–H and O–H groups in total. The lowest BCUT2D eigenvalue weighted by Crippen LogP contribution is -2.00. The van der Waals surface area contributed by atoms with Gasteiger partial charge in [-0.1, -0.05) is 13.8 Å². The average Bonchev–Trinajstić information content (AvgIpc) is 2.77. The molecule has 7 heteroatoms. The van der Waals surface area contributed by atoms with E-state index in [1.807, 2.05) is 35.1 Å². The first-order chi connectivity index (χ1) is 9.15. The Balaban J connectivity index is 0.000000861. The van der Waals surface area contributed by atoms with Gasteiger partial charge in [-0.2, -0.15) is 0 Å². The molecule has 100 valence electrons. The number of halogens is 2. The predicted octanol–water partition coefficient (Wildman–Crippen LogP) is 3.93. The molecule has 0 fully saturated rings. The van der Waals surface area contributed by atoms with E-state index in [1.54, 1.807) is 22.9 Å². The number of aromatic nitrogens is 2. The first kappa shape index (κ1) is 16.3. The van der Waals surface area contributed by atoms with E-state index in [-0.39, 0.29) is 5.78 Å². The Hall–Kier alpha value is -0.720. The molecule has 0 amide bonds. The van der Waals surface area contributed by atoms with E-state index in [0.29, 0.717) is 16.9 Å². The summed E-state index contributed by atoms with van der Waals surface area (Å²) < 4.78 is 2.50. The third-order valence-electron chi connectivity index (χ3n) is 2.11. The zero-order valence-electron chi connectivity index (χ0n) is 10.3. The number of Topliss-reactive ketones (excluding diaryl/α,β-unsaturated/α-hetero) is 1. The fourth-order valence-corrected chi connectivity index (χ4v) is 2.43. The fraction of sp³-hybridized carbons (Fsp3) is 0.167. The minimum Gasteiger partial charge on any atom is -0.382 e. The topological polar surface area (TPSA) is 60.4 Å². The molecule has 0 bridgehead atoms. The van der Waals surface area contributed by atoms with E-state index in [4.69, 9.17) is 5.73 Å². The lowest BCUT2D eigenvalue weighted by Gasteiger charge is -1.99. The monoisotopic (exact) mass is 451 g/mol. The van der Waals surface area contributed by atoms with Gasteiger partial charge in [0, 0.05) is 33.6 Å². The fourth-order valence-electron chi connectivity index (χ4n) is 1.45. The summed E-state index contributed by atoms with van der Waals surface area (Å²) in [4.78, 5) is 15.8. The predicted molar refractivity (Wildman–Crippen MR) is 92.4 cm³/mol. The molecule has 0 aliphatic rings. The maximum atomic E-state index is 11.9. The van der Waals surface area contributed by atoms with Crippen LogP contribution in [0.1, 0.15) is 24.2 Å². The molecule has 0 aromatic carbocycles. The normalized spacial score (nSPS) is 9.26. The third-order valence-corrected chi connectivity index (χ3v) is 3.56. The van der Waals surface area contributed by atoms with Gasteiger partial charge < -0.3 is 10.1 Å². The first-order valence-electron chi connectivity index (χ1n) is 5.39. The quantitative estimate of drug-likeness (QED) is 0.405. The van der Waals surface area contributed by atoms with Crippen molar-refractivity contribution in [1.29, 1.82) is 0 Å². The van der Waals surface area contributed by atoms with Crippen molar-refractivity contribution in [1.82, 2.24) is 9.38 Å². The number of anilines is 1. The molecule has 0 saturated carbocycles. The molecule has 2 heterocycles. The van der Waals surface area contributed by atoms with Crippen molar-refractivity contribution in [3.63, 3.8) is 0 Å². The number of fused-ring (bicyclic) bond motifs is 1. The number of nitrogens with two attached hydrogens (primary N) is 1. The number of nitrogens with zero attached hydrogens (tertiary/aromatic N) is 2. The second-order valence-corrected chi connectivity index (χ2v) is 5.54. The van der Waals surface area contributed by atoms with Crippen LogP contribution in [0.5, 0.6) is 0 Å². The SMILES string of the molecule is CC.Nc1nccn2c(Br)cc(C(=O)C#CSI)c12. The molecule has 0 radical (unpaired) electrons. The van der Waals surface area contributed by atoms with Crippen molar-refractivity contribution in [3.8, 4) is 11.2 Å². The molecule has 2 rings (SSSR count). The van der Waals surface area contributed by atoms with Crippen LogP contribution in [0.4, 0.5) is 5.82 Å². The van der Waals surface area contributed by atoms with Crippen LogP contribution >= 0.6 is 46.1 Å². The Bertz CT molecular complexity index is 660. The van der Waals surface area contributed by atoms with Crippen LogP contribution in [0.3, 0.4) is 0 Å². The van der Waals surface area contributed by atoms with Gasteiger partial charge in [-0.25, -0.2) is 4.98 Å². The Morgan fingerprint density at radius 3 is 2.89 bits per heavy atom. The van der Waals surface area contributed by atoms with Gasteiger partial charge in [-0.3, -0.25) is 4.79 Å². The van der Waals surface area contributed by atoms with E-state index < -0.39 is 0 Å². The first-order valence-corrected chi connectivity index (χ1v) is 9.54. The van der Waals surface area contributed by atoms with Crippen LogP contribution in [-0.2, 0) is 0 Å². The number of carbonyl (C=O) groups is 1. The summed E-state index contributed by atoms with van der Waals surface area (Å²) in [6.07, 6.45) is 3.31. The van der Waals surface area contributed by atoms with E-state index in [9.17, 15) is 4.79 Å². The van der Waals surface area contributed by atoms with Crippen LogP contribution in [0.15, 0.2) is 23.1 Å². The highest BCUT2D eigenvalue weighted by Crippen LogP contribution is 2.25. The van der Waals surface area contributed by atoms with Crippen LogP contribution in [0, 0.1) is 11.2 Å². The lowest BCUT2D eigenvalue weighted by molar-refractivity contribution is 0.105. The highest BCUT2D eigenvalue weighted by molar-refractivity contribution is 14.2. The van der Waals surface area contributed by atoms with E-state index in [2.05, 4.69) is 32.1 Å². The van der Waals surface area contributed by atoms with Crippen molar-refractivity contribution >= 4 is 63.2 Å². The summed E-state index contributed by atoms with van der Waals surface area (Å²) in [5.41, 5.74) is 6.82. The number of ketones is 1. The van der Waals surface area contributed by atoms with E-state index in [0.717, 1.165) is 4.60 Å². The van der Waals surface area contributed by atoms with Crippen LogP contribution in [0.2, 0.25) is 0 Å². The molecule has 0 atom stereocenters. The highest BCUT2D eigenvalue weighted by Gasteiger charge is 2.15. The highest BCUT2D eigenvalue weighted by atomic mass is 127. The second kappa shape index (κ2) is 7.77. The standard InChI is InChI=1S/C10H5BrIN3OS.C2H6/c11-8-5-6(7(16)1-4-17-12)9-10(13)14-2-3-15(8)9;1-2/h2-3,5H,(H2,13,14);1-2H3. The molecule has 4 nitrogen and oxygen atoms in total. The van der Waals surface area contributed by atoms with Crippen LogP contribution in [-0.4, -0.2) is 15.2 Å². The lowest BCUT2D eigenvalue weighted by atomic mass is 10.2. The molecule has 0 aliphatic heterocycles. The van der Waals surface area contributed by atoms with Crippen molar-refractivity contribution in [2.45, 2.75) is 13.8 Å². The van der Waals surface area contributed by atoms with Crippen molar-refractivity contribution in [3.05, 3.63) is 28.6 Å². The largest absolute Gasteiger partial charge is 0.382 e. The van der Waals surface area contributed by atoms with Gasteiger partial charge in [-0.15, -0.1) is 0 Å². The summed E-state index contributed by atoms with van der Waals surface area (Å²) in [7, 11) is 1.26. The van der Waals surface area contributed by atoms with Crippen molar-refractivity contribution in [2.24, 2.45) is 0 Å². The zero-order chi connectivity index (χ0) is 14.4. The molecular formula is C12H11BrIN3OS. The van der Waals surface area contributed by atoms with Crippen LogP contribution < -0.4 is 5.73 Å². The minimum atomic E-state index is -0.267. The maximum absolute atomic E-state index is 11.9. The number of nitrogen functional groups attached to an aromatic ring is 1. The zero-order valence-corrected chi connectivity index (χ0v) is 14.8. The summed E-state index contributed by atoms with van der Waals surface area (Å²) >= 11 is 5.37. The maximum Gasteiger partial charge on any atom is 0.239 e. The number of rotatable bonds is 1. The average molecular weight is 452 g/mol. The summed E-state index contributed by atoms with van der Waals surface area (Å²) in [6.45, 7) is 4.00. The molecule has 0 unspecified atom stereocenters. The van der Waals surface area contributed by atoms with Crippen molar-refractivity contribution < 1.29 is 4.79 Å². The Labute approximate surface area is 136 Å². The third kappa shape index (κ3) is 3.64. The number of hydrogen-bond donors (Lipinski definition) is 1. The van der Waals surface area contributed by atoms with Gasteiger partial charge in [0.15, 0.2) is 0 Å². The molecule has 0 saturated heterocycles. The summed E-state index contributed by atoms with van der Waals surface area (Å²) in [6, 6.07) is 1.70. The van der Waals surface area contributed by atoms with Gasteiger partial charge in [0.25, 0.3) is 0 Å². The van der Waals surface area contributed by atoms with Crippen molar-refractivity contribution in [2.75, 3.05) is 5.73 Å². The second-order valence-electron chi connectivity index (χ2n) is 3.05. The van der Waals surface area contributed by atoms with E-state index in [1.165, 1.54) is 8.93 Å². The van der Waals surface area contributed by atoms with E-state index >= 15 is 0 Å². The smallest absolute Gasteiger partial charge is 0.239 e. The van der Waals surface area contributed by atoms with Gasteiger partial charge in [0.1, 0.15) is 11.3 Å². The molecule has 0 aliphatic carbocycles. The van der Waals surface area contributed by atoms with Crippen LogP contribution in [0.25, 0.3) is 5.52 Å². The number of hydrogen-bond acceptors (Lipinski definition) is 4. The molecule has 2 aromatic heterocycles. The minimum absolute atomic E-state index is 0.267. The molecule has 2 aromatic rings. The molecule has 19 heavy (non-hydrogen) atoms. The van der Waals surface area contributed by atoms with Gasteiger partial charge in [-0.05, 0) is 42.1 Å². The van der Waals surface area contributed by atoms with Gasteiger partial charge >= 0.3 is 0 Å². The molecule has 0 spiro atoms. The summed E-state index contributed by atoms with van der Waals surface area (Å²) in [5.74, 6) is 2.57. The number of carbonyl (C=O) groups excluding carboxylic acids is 1. The Morgan fingerprint density at radius 2 is 2.26 bits per heavy atom. The Morgan fingerprint density at radius 1 is 1.58 bits per heavy atom. The molecular weight excluding hydrogens is 441 g/mol. The van der Waals surface area contributed by atoms with Gasteiger partial charge in [0.2, 0.25) is 5.78 Å². The Kier molecular flexibility index (Phi) is 6.68. The summed E-state index contributed by atoms with van der Waals surface area (Å²) in [5, 5.41) is 2.66.